The maximum Gasteiger partial charge on any atom is 0.302 e. The van der Waals surface area contributed by atoms with Crippen molar-refractivity contribution >= 4 is 44.2 Å². The van der Waals surface area contributed by atoms with E-state index in [1.807, 2.05) is 12.4 Å². The number of hydrogen-bond acceptors (Lipinski definition) is 4. The summed E-state index contributed by atoms with van der Waals surface area (Å²) in [6.45, 7) is 0. The number of aryl methyl sites for hydroxylation is 1. The van der Waals surface area contributed by atoms with Gasteiger partial charge in [-0.1, -0.05) is 11.8 Å². The molecule has 0 aliphatic carbocycles. The summed E-state index contributed by atoms with van der Waals surface area (Å²) in [5.74, 6) is 0. The van der Waals surface area contributed by atoms with Crippen LogP contribution < -0.4 is 0 Å². The van der Waals surface area contributed by atoms with E-state index in [0.29, 0.717) is 0 Å². The van der Waals surface area contributed by atoms with E-state index in [2.05, 4.69) is 28.7 Å². The van der Waals surface area contributed by atoms with Gasteiger partial charge in [-0.15, -0.1) is 11.8 Å². The van der Waals surface area contributed by atoms with Gasteiger partial charge in [0.05, 0.1) is 11.1 Å². The van der Waals surface area contributed by atoms with E-state index in [0.717, 1.165) is 5.52 Å². The first-order valence-electron chi connectivity index (χ1n) is 4.08. The minimum Gasteiger partial charge on any atom is -0.261 e. The van der Waals surface area contributed by atoms with Gasteiger partial charge >= 0.3 is 4.34 Å². The first-order valence-corrected chi connectivity index (χ1v) is 8.16. The molecule has 2 heterocycles. The molecule has 2 aromatic heterocycles. The fourth-order valence-electron chi connectivity index (χ4n) is 1.38. The van der Waals surface area contributed by atoms with E-state index >= 15 is 0 Å². The molecule has 1 atom stereocenters. The molecule has 2 rings (SSSR count). The molecule has 0 radical (unpaired) electrons. The Kier molecular flexibility index (Phi) is 2.99. The standard InChI is InChI=1S/C9H11N2S3/c1-12-7-5-10-4-6-8(7)14(3)9(11-6)13-2/h4-5H,1-3H3/q+1. The highest BCUT2D eigenvalue weighted by atomic mass is 32.2. The highest BCUT2D eigenvalue weighted by Crippen LogP contribution is 2.40. The number of thioether (sulfide) groups is 2. The van der Waals surface area contributed by atoms with Gasteiger partial charge < -0.3 is 0 Å². The number of thiazole rings is 1. The average molecular weight is 243 g/mol. The Labute approximate surface area is 94.5 Å². The Morgan fingerprint density at radius 1 is 1.21 bits per heavy atom. The number of hydrogen-bond donors (Lipinski definition) is 0. The first kappa shape index (κ1) is 10.3. The van der Waals surface area contributed by atoms with Gasteiger partial charge in [0.1, 0.15) is 11.8 Å². The van der Waals surface area contributed by atoms with Crippen LogP contribution in [0.3, 0.4) is 0 Å². The molecule has 0 aromatic carbocycles. The molecule has 74 valence electrons. The smallest absolute Gasteiger partial charge is 0.261 e. The van der Waals surface area contributed by atoms with Crippen LogP contribution in [0.2, 0.25) is 0 Å². The maximum absolute atomic E-state index is 4.58. The SMILES string of the molecule is CSc1cncc2nc(SC)[s+](C)c12. The van der Waals surface area contributed by atoms with Gasteiger partial charge in [0.15, 0.2) is 0 Å². The van der Waals surface area contributed by atoms with E-state index in [1.54, 1.807) is 23.5 Å². The molecule has 0 fully saturated rings. The Hall–Kier alpha value is -0.260. The lowest BCUT2D eigenvalue weighted by atomic mass is 10.4. The summed E-state index contributed by atoms with van der Waals surface area (Å²) in [5, 5.41) is 0. The van der Waals surface area contributed by atoms with Crippen LogP contribution in [-0.4, -0.2) is 22.5 Å². The Morgan fingerprint density at radius 3 is 2.64 bits per heavy atom. The Morgan fingerprint density at radius 2 is 2.00 bits per heavy atom. The van der Waals surface area contributed by atoms with E-state index < -0.39 is 0 Å². The summed E-state index contributed by atoms with van der Waals surface area (Å²) in [7, 11) is 0.155. The van der Waals surface area contributed by atoms with Crippen molar-refractivity contribution in [2.45, 2.75) is 9.24 Å². The maximum atomic E-state index is 4.58. The van der Waals surface area contributed by atoms with Crippen LogP contribution in [0.15, 0.2) is 21.6 Å². The summed E-state index contributed by atoms with van der Waals surface area (Å²) >= 11 is 3.49. The number of aromatic nitrogens is 2. The van der Waals surface area contributed by atoms with Gasteiger partial charge in [-0.05, 0) is 12.5 Å². The van der Waals surface area contributed by atoms with E-state index in [-0.39, 0.29) is 10.5 Å². The topological polar surface area (TPSA) is 25.8 Å². The van der Waals surface area contributed by atoms with Crippen molar-refractivity contribution in [2.24, 2.45) is 6.26 Å². The molecule has 0 bridgehead atoms. The van der Waals surface area contributed by atoms with Gasteiger partial charge in [-0.2, -0.15) is 4.98 Å². The van der Waals surface area contributed by atoms with Crippen molar-refractivity contribution in [3.05, 3.63) is 12.4 Å². The molecular weight excluding hydrogens is 232 g/mol. The van der Waals surface area contributed by atoms with Crippen LogP contribution in [0, 0.1) is 0 Å². The van der Waals surface area contributed by atoms with Gasteiger partial charge in [-0.25, -0.2) is 0 Å². The predicted octanol–water partition coefficient (Wildman–Crippen LogP) is 3.36. The first-order chi connectivity index (χ1) is 6.77. The molecule has 0 aliphatic rings. The third-order valence-electron chi connectivity index (χ3n) is 2.02. The van der Waals surface area contributed by atoms with E-state index in [4.69, 9.17) is 0 Å². The summed E-state index contributed by atoms with van der Waals surface area (Å²) in [6.07, 6.45) is 10.2. The van der Waals surface area contributed by atoms with Crippen molar-refractivity contribution in [1.29, 1.82) is 0 Å². The van der Waals surface area contributed by atoms with Gasteiger partial charge in [0.2, 0.25) is 4.70 Å². The summed E-state index contributed by atoms with van der Waals surface area (Å²) < 4.78 is 2.60. The van der Waals surface area contributed by atoms with Crippen LogP contribution in [0.4, 0.5) is 0 Å². The van der Waals surface area contributed by atoms with Crippen molar-refractivity contribution in [3.8, 4) is 0 Å². The normalized spacial score (nSPS) is 12.4. The summed E-state index contributed by atoms with van der Waals surface area (Å²) in [4.78, 5) is 10.0. The predicted molar refractivity (Wildman–Crippen MR) is 66.6 cm³/mol. The molecule has 5 heteroatoms. The molecule has 0 amide bonds. The number of rotatable bonds is 2. The second-order valence-corrected chi connectivity index (χ2v) is 6.50. The minimum atomic E-state index is 0.155. The number of fused-ring (bicyclic) bond motifs is 1. The van der Waals surface area contributed by atoms with Crippen molar-refractivity contribution in [1.82, 2.24) is 9.97 Å². The zero-order valence-electron chi connectivity index (χ0n) is 8.27. The fourth-order valence-corrected chi connectivity index (χ4v) is 5.07. The molecule has 0 saturated heterocycles. The van der Waals surface area contributed by atoms with Gasteiger partial charge in [0, 0.05) is 16.7 Å². The highest BCUT2D eigenvalue weighted by Gasteiger charge is 2.21. The monoisotopic (exact) mass is 243 g/mol. The Balaban J connectivity index is 2.79. The third-order valence-corrected chi connectivity index (χ3v) is 6.25. The summed E-state index contributed by atoms with van der Waals surface area (Å²) in [6, 6.07) is 0. The molecule has 0 saturated carbocycles. The molecular formula is C9H11N2S3+. The number of pyridine rings is 1. The van der Waals surface area contributed by atoms with E-state index in [9.17, 15) is 0 Å². The van der Waals surface area contributed by atoms with Crippen LogP contribution in [0.25, 0.3) is 10.2 Å². The molecule has 2 nitrogen and oxygen atoms in total. The van der Waals surface area contributed by atoms with Crippen LogP contribution in [0.5, 0.6) is 0 Å². The molecule has 2 aromatic rings. The molecule has 0 spiro atoms. The second kappa shape index (κ2) is 4.08. The van der Waals surface area contributed by atoms with E-state index in [1.165, 1.54) is 13.9 Å². The van der Waals surface area contributed by atoms with Crippen molar-refractivity contribution in [2.75, 3.05) is 12.5 Å². The van der Waals surface area contributed by atoms with Crippen molar-refractivity contribution < 1.29 is 0 Å². The lowest BCUT2D eigenvalue weighted by Crippen LogP contribution is -1.76. The second-order valence-electron chi connectivity index (χ2n) is 2.78. The molecule has 0 aliphatic heterocycles. The van der Waals surface area contributed by atoms with Gasteiger partial charge in [-0.3, -0.25) is 4.98 Å². The molecule has 1 unspecified atom stereocenters. The minimum absolute atomic E-state index is 0.155. The average Bonchev–Trinajstić information content (AvgIpc) is 2.55. The van der Waals surface area contributed by atoms with Crippen LogP contribution in [0.1, 0.15) is 0 Å². The van der Waals surface area contributed by atoms with Crippen molar-refractivity contribution in [3.63, 3.8) is 0 Å². The quantitative estimate of drug-likeness (QED) is 0.596. The lowest BCUT2D eigenvalue weighted by molar-refractivity contribution is 1.24. The lowest BCUT2D eigenvalue weighted by Gasteiger charge is -1.91. The fraction of sp³-hybridized carbons (Fsp3) is 0.333. The number of nitrogens with zero attached hydrogens (tertiary/aromatic N) is 2. The third kappa shape index (κ3) is 1.53. The largest absolute Gasteiger partial charge is 0.302 e. The van der Waals surface area contributed by atoms with Gasteiger partial charge in [0.25, 0.3) is 0 Å². The zero-order valence-corrected chi connectivity index (χ0v) is 10.7. The molecule has 0 N–H and O–H groups in total. The highest BCUT2D eigenvalue weighted by molar-refractivity contribution is 8.01. The Bertz CT molecular complexity index is 464. The zero-order chi connectivity index (χ0) is 10.1. The summed E-state index contributed by atoms with van der Waals surface area (Å²) in [5.41, 5.74) is 1.06. The van der Waals surface area contributed by atoms with Crippen LogP contribution >= 0.6 is 34.0 Å². The van der Waals surface area contributed by atoms with Crippen LogP contribution in [-0.2, 0) is 6.26 Å². The molecule has 14 heavy (non-hydrogen) atoms.